The zero-order valence-corrected chi connectivity index (χ0v) is 18.2. The fourth-order valence-electron chi connectivity index (χ4n) is 4.70. The van der Waals surface area contributed by atoms with E-state index in [-0.39, 0.29) is 18.1 Å². The zero-order valence-electron chi connectivity index (χ0n) is 18.2. The lowest BCUT2D eigenvalue weighted by atomic mass is 9.69. The molecule has 34 heavy (non-hydrogen) atoms. The number of benzene rings is 2. The molecule has 1 N–H and O–H groups in total. The smallest absolute Gasteiger partial charge is 0.416 e. The summed E-state index contributed by atoms with van der Waals surface area (Å²) >= 11 is 0. The van der Waals surface area contributed by atoms with Gasteiger partial charge in [-0.3, -0.25) is 9.59 Å². The number of alkyl halides is 3. The van der Waals surface area contributed by atoms with Crippen molar-refractivity contribution in [3.63, 3.8) is 0 Å². The molecule has 3 heterocycles. The van der Waals surface area contributed by atoms with Gasteiger partial charge in [0.15, 0.2) is 0 Å². The molecule has 0 aliphatic carbocycles. The normalized spacial score (nSPS) is 21.7. The first-order valence-electron chi connectivity index (χ1n) is 10.5. The number of anilines is 1. The first kappa shape index (κ1) is 21.9. The molecule has 1 fully saturated rings. The number of carbonyl (C=O) groups is 2. The minimum Gasteiger partial charge on any atom is -0.447 e. The molecule has 174 valence electrons. The summed E-state index contributed by atoms with van der Waals surface area (Å²) in [7, 11) is 0. The zero-order chi connectivity index (χ0) is 24.3. The first-order chi connectivity index (χ1) is 16.1. The Bertz CT molecular complexity index is 1310. The van der Waals surface area contributed by atoms with Crippen molar-refractivity contribution in [2.75, 3.05) is 11.9 Å². The number of nitrogens with one attached hydrogen (secondary N) is 1. The van der Waals surface area contributed by atoms with Gasteiger partial charge in [0.2, 0.25) is 12.0 Å². The monoisotopic (exact) mass is 468 g/mol. The number of halogens is 3. The van der Waals surface area contributed by atoms with Crippen molar-refractivity contribution in [3.8, 4) is 6.01 Å². The molecule has 2 aliphatic rings. The summed E-state index contributed by atoms with van der Waals surface area (Å²) in [5.74, 6) is -1.01. The fourth-order valence-corrected chi connectivity index (χ4v) is 4.70. The SMILES string of the molecule is Cc1cc(C)nc(OC2C(=O)N3CC(=O)Nc4ccccc4C23c2cccc(C(F)(F)F)c2)n1. The summed E-state index contributed by atoms with van der Waals surface area (Å²) in [6.07, 6.45) is -5.89. The Hall–Kier alpha value is -3.95. The van der Waals surface area contributed by atoms with Gasteiger partial charge in [0.25, 0.3) is 5.91 Å². The van der Waals surface area contributed by atoms with Crippen LogP contribution in [0.25, 0.3) is 0 Å². The van der Waals surface area contributed by atoms with Gasteiger partial charge < -0.3 is 15.0 Å². The predicted octanol–water partition coefficient (Wildman–Crippen LogP) is 3.60. The Morgan fingerprint density at radius 1 is 1.03 bits per heavy atom. The Balaban J connectivity index is 1.75. The first-order valence-corrected chi connectivity index (χ1v) is 10.5. The number of fused-ring (bicyclic) bond motifs is 3. The molecule has 1 saturated heterocycles. The molecule has 2 atom stereocenters. The molecular formula is C24H19F3N4O3. The van der Waals surface area contributed by atoms with E-state index in [0.717, 1.165) is 12.1 Å². The van der Waals surface area contributed by atoms with E-state index in [4.69, 9.17) is 4.74 Å². The van der Waals surface area contributed by atoms with Crippen molar-refractivity contribution in [1.29, 1.82) is 0 Å². The van der Waals surface area contributed by atoms with Gasteiger partial charge in [0.1, 0.15) is 12.1 Å². The summed E-state index contributed by atoms with van der Waals surface area (Å²) in [5, 5.41) is 2.74. The van der Waals surface area contributed by atoms with E-state index in [1.165, 1.54) is 17.0 Å². The molecule has 2 amide bonds. The van der Waals surface area contributed by atoms with Crippen molar-refractivity contribution in [2.45, 2.75) is 31.7 Å². The average molecular weight is 468 g/mol. The third-order valence-electron chi connectivity index (χ3n) is 6.02. The van der Waals surface area contributed by atoms with Gasteiger partial charge in [-0.15, -0.1) is 0 Å². The van der Waals surface area contributed by atoms with Crippen molar-refractivity contribution >= 4 is 17.5 Å². The van der Waals surface area contributed by atoms with Crippen LogP contribution in [0.15, 0.2) is 54.6 Å². The number of β-lactam (4-membered cyclic amide) rings is 1. The summed E-state index contributed by atoms with van der Waals surface area (Å²) in [5.41, 5.74) is -0.171. The summed E-state index contributed by atoms with van der Waals surface area (Å²) in [4.78, 5) is 35.6. The topological polar surface area (TPSA) is 84.4 Å². The lowest BCUT2D eigenvalue weighted by Gasteiger charge is -2.55. The number of hydrogen-bond donors (Lipinski definition) is 1. The molecule has 2 unspecified atom stereocenters. The molecule has 0 radical (unpaired) electrons. The minimum atomic E-state index is -4.60. The van der Waals surface area contributed by atoms with Gasteiger partial charge in [-0.2, -0.15) is 13.2 Å². The highest BCUT2D eigenvalue weighted by molar-refractivity contribution is 6.03. The maximum absolute atomic E-state index is 13.6. The van der Waals surface area contributed by atoms with Crippen molar-refractivity contribution in [1.82, 2.24) is 14.9 Å². The van der Waals surface area contributed by atoms with Crippen LogP contribution in [0.4, 0.5) is 18.9 Å². The molecule has 1 aromatic heterocycles. The number of carbonyl (C=O) groups excluding carboxylic acids is 2. The third-order valence-corrected chi connectivity index (χ3v) is 6.02. The lowest BCUT2D eigenvalue weighted by molar-refractivity contribution is -0.178. The van der Waals surface area contributed by atoms with Crippen LogP contribution in [-0.2, 0) is 21.3 Å². The van der Waals surface area contributed by atoms with Gasteiger partial charge in [0.05, 0.1) is 5.56 Å². The van der Waals surface area contributed by atoms with Crippen LogP contribution in [-0.4, -0.2) is 39.3 Å². The van der Waals surface area contributed by atoms with Gasteiger partial charge >= 0.3 is 12.2 Å². The second-order valence-electron chi connectivity index (χ2n) is 8.29. The Morgan fingerprint density at radius 3 is 2.44 bits per heavy atom. The minimum absolute atomic E-state index is 0.0668. The van der Waals surface area contributed by atoms with E-state index in [1.807, 2.05) is 0 Å². The highest BCUT2D eigenvalue weighted by Gasteiger charge is 2.66. The van der Waals surface area contributed by atoms with Crippen LogP contribution in [0.5, 0.6) is 6.01 Å². The standard InChI is InChI=1S/C24H19F3N4O3/c1-13-10-14(2)29-22(28-13)34-20-21(33)31-12-19(32)30-18-9-4-3-8-17(18)23(20,31)15-6-5-7-16(11-15)24(25,26)27/h3-11,20H,12H2,1-2H3,(H,30,32). The van der Waals surface area contributed by atoms with Gasteiger partial charge in [-0.1, -0.05) is 30.3 Å². The van der Waals surface area contributed by atoms with E-state index in [1.54, 1.807) is 44.2 Å². The van der Waals surface area contributed by atoms with Crippen LogP contribution in [0.1, 0.15) is 28.1 Å². The molecule has 0 saturated carbocycles. The fraction of sp³-hybridized carbons (Fsp3) is 0.250. The summed E-state index contributed by atoms with van der Waals surface area (Å²) < 4.78 is 46.9. The number of para-hydroxylation sites is 1. The molecule has 3 aromatic rings. The maximum atomic E-state index is 13.6. The summed E-state index contributed by atoms with van der Waals surface area (Å²) in [6.45, 7) is 3.13. The second kappa shape index (κ2) is 7.54. The highest BCUT2D eigenvalue weighted by Crippen LogP contribution is 2.52. The lowest BCUT2D eigenvalue weighted by Crippen LogP contribution is -2.74. The Morgan fingerprint density at radius 2 is 1.74 bits per heavy atom. The summed E-state index contributed by atoms with van der Waals surface area (Å²) in [6, 6.07) is 13.1. The van der Waals surface area contributed by atoms with Crippen LogP contribution in [0.3, 0.4) is 0 Å². The number of rotatable bonds is 3. The van der Waals surface area contributed by atoms with E-state index in [9.17, 15) is 22.8 Å². The quantitative estimate of drug-likeness (QED) is 0.594. The van der Waals surface area contributed by atoms with Crippen LogP contribution in [0.2, 0.25) is 0 Å². The van der Waals surface area contributed by atoms with Crippen LogP contribution >= 0.6 is 0 Å². The number of nitrogens with zero attached hydrogens (tertiary/aromatic N) is 3. The third kappa shape index (κ3) is 3.28. The molecule has 2 aromatic carbocycles. The number of amides is 2. The van der Waals surface area contributed by atoms with E-state index in [0.29, 0.717) is 22.6 Å². The van der Waals surface area contributed by atoms with E-state index >= 15 is 0 Å². The highest BCUT2D eigenvalue weighted by atomic mass is 19.4. The molecule has 2 aliphatic heterocycles. The predicted molar refractivity (Wildman–Crippen MR) is 115 cm³/mol. The largest absolute Gasteiger partial charge is 0.447 e. The van der Waals surface area contributed by atoms with Gasteiger partial charge in [-0.05, 0) is 43.7 Å². The van der Waals surface area contributed by atoms with Crippen LogP contribution < -0.4 is 10.1 Å². The number of aromatic nitrogens is 2. The number of aryl methyl sites for hydroxylation is 2. The molecule has 5 rings (SSSR count). The maximum Gasteiger partial charge on any atom is 0.416 e. The van der Waals surface area contributed by atoms with Crippen molar-refractivity contribution in [2.24, 2.45) is 0 Å². The number of ether oxygens (including phenoxy) is 1. The van der Waals surface area contributed by atoms with E-state index in [2.05, 4.69) is 15.3 Å². The van der Waals surface area contributed by atoms with Crippen molar-refractivity contribution in [3.05, 3.63) is 82.7 Å². The van der Waals surface area contributed by atoms with Crippen molar-refractivity contribution < 1.29 is 27.5 Å². The average Bonchev–Trinajstić information content (AvgIpc) is 2.89. The van der Waals surface area contributed by atoms with Gasteiger partial charge in [-0.25, -0.2) is 9.97 Å². The molecule has 10 heteroatoms. The van der Waals surface area contributed by atoms with E-state index < -0.39 is 35.2 Å². The van der Waals surface area contributed by atoms with Crippen LogP contribution in [0, 0.1) is 13.8 Å². The Labute approximate surface area is 192 Å². The number of hydrogen-bond acceptors (Lipinski definition) is 5. The second-order valence-corrected chi connectivity index (χ2v) is 8.29. The molecule has 7 nitrogen and oxygen atoms in total. The molecule has 0 spiro atoms. The van der Waals surface area contributed by atoms with Gasteiger partial charge in [0, 0.05) is 22.6 Å². The molecular weight excluding hydrogens is 449 g/mol. The Kier molecular flexibility index (Phi) is 4.85. The molecule has 0 bridgehead atoms.